The third-order valence-corrected chi connectivity index (χ3v) is 6.33. The van der Waals surface area contributed by atoms with Gasteiger partial charge in [0.15, 0.2) is 0 Å². The highest BCUT2D eigenvalue weighted by Crippen LogP contribution is 2.23. The number of likely N-dealkylation sites (tertiary alicyclic amines) is 1. The van der Waals surface area contributed by atoms with E-state index < -0.39 is 0 Å². The van der Waals surface area contributed by atoms with Crippen molar-refractivity contribution in [2.24, 2.45) is 5.92 Å². The Balaban J connectivity index is 1.36. The summed E-state index contributed by atoms with van der Waals surface area (Å²) in [5.41, 5.74) is 3.14. The lowest BCUT2D eigenvalue weighted by Gasteiger charge is -2.32. The number of aromatic nitrogens is 1. The van der Waals surface area contributed by atoms with Crippen molar-refractivity contribution in [2.75, 3.05) is 18.4 Å². The van der Waals surface area contributed by atoms with Gasteiger partial charge < -0.3 is 10.6 Å². The van der Waals surface area contributed by atoms with Gasteiger partial charge in [-0.25, -0.2) is 0 Å². The summed E-state index contributed by atoms with van der Waals surface area (Å²) in [7, 11) is 0. The number of rotatable bonds is 7. The highest BCUT2D eigenvalue weighted by molar-refractivity contribution is 9.10. The van der Waals surface area contributed by atoms with Crippen molar-refractivity contribution in [3.63, 3.8) is 0 Å². The molecule has 2 N–H and O–H groups in total. The Morgan fingerprint density at radius 1 is 1.03 bits per heavy atom. The van der Waals surface area contributed by atoms with E-state index >= 15 is 0 Å². The number of amides is 2. The van der Waals surface area contributed by atoms with Crippen LogP contribution in [0.2, 0.25) is 0 Å². The Hall–Kier alpha value is -3.03. The highest BCUT2D eigenvalue weighted by atomic mass is 79.9. The van der Waals surface area contributed by atoms with Crippen LogP contribution in [0.4, 0.5) is 5.69 Å². The van der Waals surface area contributed by atoms with Crippen LogP contribution in [-0.4, -0.2) is 34.8 Å². The summed E-state index contributed by atoms with van der Waals surface area (Å²) in [6.45, 7) is 2.89. The molecule has 4 rings (SSSR count). The molecule has 1 aliphatic rings. The van der Waals surface area contributed by atoms with E-state index in [4.69, 9.17) is 0 Å². The topological polar surface area (TPSA) is 74.3 Å². The van der Waals surface area contributed by atoms with E-state index in [1.807, 2.05) is 30.3 Å². The summed E-state index contributed by atoms with van der Waals surface area (Å²) in [6.07, 6.45) is 5.23. The van der Waals surface area contributed by atoms with Crippen molar-refractivity contribution in [3.8, 4) is 0 Å². The first-order chi connectivity index (χ1) is 16.1. The van der Waals surface area contributed by atoms with E-state index in [2.05, 4.69) is 48.6 Å². The molecule has 170 valence electrons. The number of halogens is 1. The van der Waals surface area contributed by atoms with E-state index in [9.17, 15) is 9.59 Å². The van der Waals surface area contributed by atoms with Gasteiger partial charge in [-0.3, -0.25) is 19.5 Å². The zero-order valence-corrected chi connectivity index (χ0v) is 19.9. The fourth-order valence-corrected chi connectivity index (χ4v) is 4.33. The van der Waals surface area contributed by atoms with E-state index in [0.717, 1.165) is 36.0 Å². The molecule has 7 heteroatoms. The Labute approximate surface area is 202 Å². The number of anilines is 1. The van der Waals surface area contributed by atoms with Crippen LogP contribution < -0.4 is 10.6 Å². The van der Waals surface area contributed by atoms with E-state index in [-0.39, 0.29) is 17.7 Å². The minimum atomic E-state index is -0.227. The maximum atomic E-state index is 13.1. The molecule has 0 spiro atoms. The number of piperidine rings is 1. The molecule has 2 heterocycles. The van der Waals surface area contributed by atoms with Crippen LogP contribution in [0.15, 0.2) is 77.5 Å². The van der Waals surface area contributed by atoms with Crippen molar-refractivity contribution >= 4 is 33.4 Å². The second-order valence-electron chi connectivity index (χ2n) is 8.28. The largest absolute Gasteiger partial charge is 0.348 e. The van der Waals surface area contributed by atoms with Gasteiger partial charge >= 0.3 is 0 Å². The molecule has 2 amide bonds. The van der Waals surface area contributed by atoms with Gasteiger partial charge in [0.05, 0.1) is 17.2 Å². The molecule has 1 unspecified atom stereocenters. The highest BCUT2D eigenvalue weighted by Gasteiger charge is 2.26. The molecule has 1 fully saturated rings. The van der Waals surface area contributed by atoms with Gasteiger partial charge in [-0.1, -0.05) is 46.3 Å². The molecule has 2 aromatic carbocycles. The number of benzene rings is 2. The maximum absolute atomic E-state index is 13.1. The average Bonchev–Trinajstić information content (AvgIpc) is 2.85. The second-order valence-corrected chi connectivity index (χ2v) is 9.20. The minimum absolute atomic E-state index is 0.0389. The predicted molar refractivity (Wildman–Crippen MR) is 133 cm³/mol. The van der Waals surface area contributed by atoms with Crippen LogP contribution in [0, 0.1) is 5.92 Å². The molecule has 0 bridgehead atoms. The normalized spacial score (nSPS) is 16.2. The molecule has 33 heavy (non-hydrogen) atoms. The zero-order chi connectivity index (χ0) is 23.0. The Morgan fingerprint density at radius 2 is 1.85 bits per heavy atom. The first-order valence-electron chi connectivity index (χ1n) is 11.1. The van der Waals surface area contributed by atoms with Crippen molar-refractivity contribution in [3.05, 3.63) is 94.2 Å². The van der Waals surface area contributed by atoms with Gasteiger partial charge in [-0.2, -0.15) is 0 Å². The molecular formula is C26H27BrN4O2. The minimum Gasteiger partial charge on any atom is -0.348 e. The third-order valence-electron chi connectivity index (χ3n) is 5.80. The van der Waals surface area contributed by atoms with Gasteiger partial charge in [0.1, 0.15) is 0 Å². The number of nitrogens with one attached hydrogen (secondary N) is 2. The predicted octanol–water partition coefficient (Wildman–Crippen LogP) is 4.62. The Morgan fingerprint density at radius 3 is 2.64 bits per heavy atom. The Kier molecular flexibility index (Phi) is 7.86. The summed E-state index contributed by atoms with van der Waals surface area (Å²) in [5, 5.41) is 5.91. The summed E-state index contributed by atoms with van der Waals surface area (Å²) >= 11 is 3.47. The van der Waals surface area contributed by atoms with E-state index in [0.29, 0.717) is 24.3 Å². The number of nitrogens with zero attached hydrogens (tertiary/aromatic N) is 2. The summed E-state index contributed by atoms with van der Waals surface area (Å²) in [4.78, 5) is 32.3. The standard InChI is InChI=1S/C26H27BrN4O2/c27-22-11-9-19(10-12-22)17-31-14-4-6-21(18-31)25(32)30-24-8-2-1-7-23(24)26(33)29-16-20-5-3-13-28-15-20/h1-3,5,7-13,15,21H,4,6,14,16-18H2,(H,29,33)(H,30,32). The fourth-order valence-electron chi connectivity index (χ4n) is 4.07. The molecule has 1 aliphatic heterocycles. The number of pyridine rings is 1. The van der Waals surface area contributed by atoms with Crippen LogP contribution in [-0.2, 0) is 17.9 Å². The van der Waals surface area contributed by atoms with Crippen LogP contribution in [0.1, 0.15) is 34.3 Å². The van der Waals surface area contributed by atoms with Crippen LogP contribution >= 0.6 is 15.9 Å². The third kappa shape index (κ3) is 6.49. The van der Waals surface area contributed by atoms with Crippen molar-refractivity contribution < 1.29 is 9.59 Å². The SMILES string of the molecule is O=C(NCc1cccnc1)c1ccccc1NC(=O)C1CCCN(Cc2ccc(Br)cc2)C1. The molecular weight excluding hydrogens is 480 g/mol. The lowest BCUT2D eigenvalue weighted by Crippen LogP contribution is -2.40. The van der Waals surface area contributed by atoms with Gasteiger partial charge in [0.25, 0.3) is 5.91 Å². The zero-order valence-electron chi connectivity index (χ0n) is 18.3. The molecule has 3 aromatic rings. The summed E-state index contributed by atoms with van der Waals surface area (Å²) in [5.74, 6) is -0.376. The van der Waals surface area contributed by atoms with Gasteiger partial charge in [-0.05, 0) is 60.8 Å². The number of carbonyl (C=O) groups excluding carboxylic acids is 2. The molecule has 1 aromatic heterocycles. The van der Waals surface area contributed by atoms with Gasteiger partial charge in [0.2, 0.25) is 5.91 Å². The maximum Gasteiger partial charge on any atom is 0.253 e. The first-order valence-corrected chi connectivity index (χ1v) is 11.9. The second kappa shape index (κ2) is 11.2. The lowest BCUT2D eigenvalue weighted by molar-refractivity contribution is -0.121. The molecule has 1 saturated heterocycles. The summed E-state index contributed by atoms with van der Waals surface area (Å²) < 4.78 is 1.06. The van der Waals surface area contributed by atoms with E-state index in [1.165, 1.54) is 5.56 Å². The van der Waals surface area contributed by atoms with Crippen LogP contribution in [0.3, 0.4) is 0 Å². The average molecular weight is 507 g/mol. The molecule has 0 saturated carbocycles. The van der Waals surface area contributed by atoms with Crippen LogP contribution in [0.5, 0.6) is 0 Å². The van der Waals surface area contributed by atoms with Gasteiger partial charge in [0, 0.05) is 36.5 Å². The number of hydrogen-bond donors (Lipinski definition) is 2. The first kappa shape index (κ1) is 23.1. The molecule has 1 atom stereocenters. The lowest BCUT2D eigenvalue weighted by atomic mass is 9.96. The smallest absolute Gasteiger partial charge is 0.253 e. The van der Waals surface area contributed by atoms with Crippen molar-refractivity contribution in [1.82, 2.24) is 15.2 Å². The molecule has 0 radical (unpaired) electrons. The number of hydrogen-bond acceptors (Lipinski definition) is 4. The molecule has 0 aliphatic carbocycles. The van der Waals surface area contributed by atoms with Gasteiger partial charge in [-0.15, -0.1) is 0 Å². The number of para-hydroxylation sites is 1. The van der Waals surface area contributed by atoms with Crippen molar-refractivity contribution in [1.29, 1.82) is 0 Å². The monoisotopic (exact) mass is 506 g/mol. The summed E-state index contributed by atoms with van der Waals surface area (Å²) in [6, 6.07) is 19.2. The van der Waals surface area contributed by atoms with Crippen molar-refractivity contribution in [2.45, 2.75) is 25.9 Å². The van der Waals surface area contributed by atoms with E-state index in [1.54, 1.807) is 30.6 Å². The fraction of sp³-hybridized carbons (Fsp3) is 0.269. The number of carbonyl (C=O) groups is 2. The molecule has 6 nitrogen and oxygen atoms in total. The quantitative estimate of drug-likeness (QED) is 0.490. The Bertz CT molecular complexity index is 1090. The van der Waals surface area contributed by atoms with Crippen LogP contribution in [0.25, 0.3) is 0 Å².